The van der Waals surface area contributed by atoms with Crippen molar-refractivity contribution in [1.82, 2.24) is 20.4 Å². The monoisotopic (exact) mass is 286 g/mol. The minimum absolute atomic E-state index is 0.532. The average Bonchev–Trinajstić information content (AvgIpc) is 2.97. The third kappa shape index (κ3) is 3.49. The molecular formula is C16H22N4O. The van der Waals surface area contributed by atoms with E-state index in [1.807, 2.05) is 0 Å². The molecule has 1 aliphatic rings. The van der Waals surface area contributed by atoms with Crippen LogP contribution in [0.3, 0.4) is 0 Å². The maximum Gasteiger partial charge on any atom is 0.257 e. The van der Waals surface area contributed by atoms with Crippen molar-refractivity contribution in [3.63, 3.8) is 0 Å². The van der Waals surface area contributed by atoms with Crippen molar-refractivity contribution in [3.05, 3.63) is 35.7 Å². The van der Waals surface area contributed by atoms with E-state index < -0.39 is 0 Å². The molecule has 0 unspecified atom stereocenters. The van der Waals surface area contributed by atoms with Gasteiger partial charge in [0.15, 0.2) is 5.82 Å². The van der Waals surface area contributed by atoms with Crippen molar-refractivity contribution in [3.8, 4) is 11.5 Å². The van der Waals surface area contributed by atoms with E-state index in [0.29, 0.717) is 11.8 Å². The zero-order chi connectivity index (χ0) is 14.7. The summed E-state index contributed by atoms with van der Waals surface area (Å²) in [6, 6.07) is 8.36. The molecule has 1 fully saturated rings. The van der Waals surface area contributed by atoms with Crippen molar-refractivity contribution in [2.24, 2.45) is 0 Å². The van der Waals surface area contributed by atoms with E-state index in [-0.39, 0.29) is 0 Å². The number of benzene rings is 1. The quantitative estimate of drug-likeness (QED) is 0.934. The molecule has 5 nitrogen and oxygen atoms in total. The summed E-state index contributed by atoms with van der Waals surface area (Å²) in [5.41, 5.74) is 2.30. The highest BCUT2D eigenvalue weighted by atomic mass is 16.5. The summed E-state index contributed by atoms with van der Waals surface area (Å²) >= 11 is 0. The smallest absolute Gasteiger partial charge is 0.257 e. The zero-order valence-electron chi connectivity index (χ0n) is 12.7. The van der Waals surface area contributed by atoms with Crippen molar-refractivity contribution < 1.29 is 4.52 Å². The zero-order valence-corrected chi connectivity index (χ0v) is 12.7. The molecule has 1 aromatic heterocycles. The molecule has 1 aliphatic heterocycles. The maximum absolute atomic E-state index is 5.39. The summed E-state index contributed by atoms with van der Waals surface area (Å²) in [6.45, 7) is 9.26. The minimum atomic E-state index is 0.532. The molecule has 1 aromatic carbocycles. The van der Waals surface area contributed by atoms with Crippen LogP contribution in [-0.2, 0) is 6.54 Å². The fourth-order valence-corrected chi connectivity index (χ4v) is 2.52. The van der Waals surface area contributed by atoms with Crippen LogP contribution < -0.4 is 5.32 Å². The van der Waals surface area contributed by atoms with E-state index in [9.17, 15) is 0 Å². The van der Waals surface area contributed by atoms with Gasteiger partial charge in [-0.2, -0.15) is 4.98 Å². The fraction of sp³-hybridized carbons (Fsp3) is 0.500. The molecule has 3 rings (SSSR count). The fourth-order valence-electron chi connectivity index (χ4n) is 2.52. The third-order valence-electron chi connectivity index (χ3n) is 3.87. The lowest BCUT2D eigenvalue weighted by atomic mass is 10.0. The first-order chi connectivity index (χ1) is 10.2. The van der Waals surface area contributed by atoms with Gasteiger partial charge in [-0.3, -0.25) is 4.90 Å². The van der Waals surface area contributed by atoms with Gasteiger partial charge >= 0.3 is 0 Å². The summed E-state index contributed by atoms with van der Waals surface area (Å²) in [4.78, 5) is 6.85. The maximum atomic E-state index is 5.39. The van der Waals surface area contributed by atoms with Gasteiger partial charge in [-0.15, -0.1) is 0 Å². The van der Waals surface area contributed by atoms with Crippen LogP contribution in [0.2, 0.25) is 0 Å². The lowest BCUT2D eigenvalue weighted by Crippen LogP contribution is -2.43. The Hall–Kier alpha value is -1.72. The second-order valence-corrected chi connectivity index (χ2v) is 5.82. The van der Waals surface area contributed by atoms with Gasteiger partial charge in [0.25, 0.3) is 5.89 Å². The minimum Gasteiger partial charge on any atom is -0.334 e. The number of nitrogens with one attached hydrogen (secondary N) is 1. The highest BCUT2D eigenvalue weighted by molar-refractivity contribution is 5.53. The molecule has 2 heterocycles. The molecule has 21 heavy (non-hydrogen) atoms. The molecule has 2 aromatic rings. The number of piperazine rings is 1. The molecule has 0 aliphatic carbocycles. The average molecular weight is 286 g/mol. The highest BCUT2D eigenvalue weighted by Gasteiger charge is 2.14. The molecule has 0 radical (unpaired) electrons. The number of nitrogens with zero attached hydrogens (tertiary/aromatic N) is 3. The summed E-state index contributed by atoms with van der Waals surface area (Å²) in [6.07, 6.45) is 0. The molecular weight excluding hydrogens is 264 g/mol. The normalized spacial score (nSPS) is 16.5. The second kappa shape index (κ2) is 6.37. The first kappa shape index (κ1) is 14.2. The van der Waals surface area contributed by atoms with Crippen LogP contribution >= 0.6 is 0 Å². The summed E-state index contributed by atoms with van der Waals surface area (Å²) in [5, 5.41) is 7.44. The molecule has 5 heteroatoms. The standard InChI is InChI=1S/C16H22N4O/c1-12(2)13-3-5-14(6-4-13)16-18-15(19-21-16)11-20-9-7-17-8-10-20/h3-6,12,17H,7-11H2,1-2H3. The van der Waals surface area contributed by atoms with Crippen LogP contribution in [0.25, 0.3) is 11.5 Å². The van der Waals surface area contributed by atoms with Crippen molar-refractivity contribution in [2.75, 3.05) is 26.2 Å². The van der Waals surface area contributed by atoms with Crippen LogP contribution in [0.5, 0.6) is 0 Å². The van der Waals surface area contributed by atoms with E-state index in [1.54, 1.807) is 0 Å². The molecule has 112 valence electrons. The number of rotatable bonds is 4. The lowest BCUT2D eigenvalue weighted by Gasteiger charge is -2.25. The molecule has 0 bridgehead atoms. The van der Waals surface area contributed by atoms with Gasteiger partial charge < -0.3 is 9.84 Å². The Kier molecular flexibility index (Phi) is 4.31. The predicted octanol–water partition coefficient (Wildman–Crippen LogP) is 2.27. The Morgan fingerprint density at radius 3 is 2.57 bits per heavy atom. The molecule has 0 spiro atoms. The van der Waals surface area contributed by atoms with Crippen LogP contribution in [0.4, 0.5) is 0 Å². The van der Waals surface area contributed by atoms with E-state index in [0.717, 1.165) is 44.1 Å². The van der Waals surface area contributed by atoms with Crippen LogP contribution in [0, 0.1) is 0 Å². The van der Waals surface area contributed by atoms with Crippen molar-refractivity contribution >= 4 is 0 Å². The Morgan fingerprint density at radius 1 is 1.19 bits per heavy atom. The van der Waals surface area contributed by atoms with Crippen LogP contribution in [0.1, 0.15) is 31.2 Å². The van der Waals surface area contributed by atoms with Gasteiger partial charge in [0, 0.05) is 31.7 Å². The molecule has 0 amide bonds. The van der Waals surface area contributed by atoms with Crippen LogP contribution in [-0.4, -0.2) is 41.2 Å². The Morgan fingerprint density at radius 2 is 1.90 bits per heavy atom. The Balaban J connectivity index is 1.69. The van der Waals surface area contributed by atoms with Gasteiger partial charge in [-0.25, -0.2) is 0 Å². The van der Waals surface area contributed by atoms with E-state index in [4.69, 9.17) is 4.52 Å². The first-order valence-corrected chi connectivity index (χ1v) is 7.58. The molecule has 0 saturated carbocycles. The molecule has 1 N–H and O–H groups in total. The third-order valence-corrected chi connectivity index (χ3v) is 3.87. The van der Waals surface area contributed by atoms with Gasteiger partial charge in [-0.05, 0) is 23.6 Å². The lowest BCUT2D eigenvalue weighted by molar-refractivity contribution is 0.225. The van der Waals surface area contributed by atoms with Gasteiger partial charge in [0.2, 0.25) is 0 Å². The molecule has 0 atom stereocenters. The van der Waals surface area contributed by atoms with Gasteiger partial charge in [-0.1, -0.05) is 31.1 Å². The van der Waals surface area contributed by atoms with E-state index in [1.165, 1.54) is 5.56 Å². The summed E-state index contributed by atoms with van der Waals surface area (Å²) in [5.74, 6) is 1.90. The number of aromatic nitrogens is 2. The summed E-state index contributed by atoms with van der Waals surface area (Å²) in [7, 11) is 0. The first-order valence-electron chi connectivity index (χ1n) is 7.58. The summed E-state index contributed by atoms with van der Waals surface area (Å²) < 4.78 is 5.39. The van der Waals surface area contributed by atoms with Crippen molar-refractivity contribution in [1.29, 1.82) is 0 Å². The Bertz CT molecular complexity index is 570. The highest BCUT2D eigenvalue weighted by Crippen LogP contribution is 2.21. The number of hydrogen-bond acceptors (Lipinski definition) is 5. The topological polar surface area (TPSA) is 54.2 Å². The van der Waals surface area contributed by atoms with Crippen molar-refractivity contribution in [2.45, 2.75) is 26.3 Å². The van der Waals surface area contributed by atoms with Gasteiger partial charge in [0.05, 0.1) is 6.54 Å². The second-order valence-electron chi connectivity index (χ2n) is 5.82. The van der Waals surface area contributed by atoms with Gasteiger partial charge in [0.1, 0.15) is 0 Å². The van der Waals surface area contributed by atoms with E-state index >= 15 is 0 Å². The SMILES string of the molecule is CC(C)c1ccc(-c2nc(CN3CCNCC3)no2)cc1. The Labute approximate surface area is 125 Å². The van der Waals surface area contributed by atoms with E-state index in [2.05, 4.69) is 58.5 Å². The predicted molar refractivity (Wildman–Crippen MR) is 82.0 cm³/mol. The van der Waals surface area contributed by atoms with Crippen LogP contribution in [0.15, 0.2) is 28.8 Å². The number of hydrogen-bond donors (Lipinski definition) is 1. The largest absolute Gasteiger partial charge is 0.334 e. The molecule has 1 saturated heterocycles.